The van der Waals surface area contributed by atoms with Gasteiger partial charge in [-0.05, 0) is 35.4 Å². The van der Waals surface area contributed by atoms with Crippen molar-refractivity contribution < 1.29 is 8.91 Å². The largest absolute Gasteiger partial charge is 0.359 e. The van der Waals surface area contributed by atoms with E-state index in [1.54, 1.807) is 24.9 Å². The van der Waals surface area contributed by atoms with Crippen LogP contribution in [0.5, 0.6) is 0 Å². The molecule has 2 rings (SSSR count). The summed E-state index contributed by atoms with van der Waals surface area (Å²) in [5, 5.41) is 10.5. The van der Waals surface area contributed by atoms with Gasteiger partial charge >= 0.3 is 0 Å². The van der Waals surface area contributed by atoms with Crippen molar-refractivity contribution in [3.8, 4) is 0 Å². The predicted octanol–water partition coefficient (Wildman–Crippen LogP) is 4.28. The molecule has 1 heterocycles. The Morgan fingerprint density at radius 3 is 2.58 bits per heavy atom. The zero-order chi connectivity index (χ0) is 18.2. The molecular formula is C18H26FIN4OS. The van der Waals surface area contributed by atoms with Crippen molar-refractivity contribution in [2.24, 2.45) is 4.99 Å². The van der Waals surface area contributed by atoms with Crippen LogP contribution in [0.15, 0.2) is 33.8 Å². The topological polar surface area (TPSA) is 62.5 Å². The zero-order valence-corrected chi connectivity index (χ0v) is 18.7. The maximum atomic E-state index is 13.4. The average Bonchev–Trinajstić information content (AvgIpc) is 3.06. The van der Waals surface area contributed by atoms with Crippen molar-refractivity contribution >= 4 is 41.7 Å². The highest BCUT2D eigenvalue weighted by Crippen LogP contribution is 2.17. The van der Waals surface area contributed by atoms with Gasteiger partial charge < -0.3 is 15.2 Å². The number of aliphatic imine (C=N–C) groups is 1. The van der Waals surface area contributed by atoms with E-state index >= 15 is 0 Å². The van der Waals surface area contributed by atoms with Gasteiger partial charge in [0.2, 0.25) is 0 Å². The first-order chi connectivity index (χ1) is 12.0. The summed E-state index contributed by atoms with van der Waals surface area (Å²) < 4.78 is 18.7. The zero-order valence-electron chi connectivity index (χ0n) is 15.5. The minimum absolute atomic E-state index is 0. The molecule has 0 saturated carbocycles. The Morgan fingerprint density at radius 1 is 1.23 bits per heavy atom. The molecular weight excluding hydrogens is 466 g/mol. The van der Waals surface area contributed by atoms with Gasteiger partial charge in [-0.15, -0.1) is 24.0 Å². The van der Waals surface area contributed by atoms with E-state index in [2.05, 4.69) is 34.6 Å². The fraction of sp³-hybridized carbons (Fsp3) is 0.444. The SMILES string of the molecule is CN=C(NCc1cc(C(C)C)no1)NCc1ccc(F)cc1CSC.I. The number of hydrogen-bond donors (Lipinski definition) is 2. The third kappa shape index (κ3) is 6.79. The number of nitrogens with one attached hydrogen (secondary N) is 2. The van der Waals surface area contributed by atoms with Crippen LogP contribution in [0.25, 0.3) is 0 Å². The number of benzene rings is 1. The third-order valence-corrected chi connectivity index (χ3v) is 4.34. The van der Waals surface area contributed by atoms with Gasteiger partial charge in [-0.1, -0.05) is 25.1 Å². The van der Waals surface area contributed by atoms with Crippen molar-refractivity contribution in [3.63, 3.8) is 0 Å². The summed E-state index contributed by atoms with van der Waals surface area (Å²) in [7, 11) is 1.71. The van der Waals surface area contributed by atoms with Crippen LogP contribution in [0, 0.1) is 5.82 Å². The van der Waals surface area contributed by atoms with Gasteiger partial charge in [-0.2, -0.15) is 11.8 Å². The highest BCUT2D eigenvalue weighted by atomic mass is 127. The lowest BCUT2D eigenvalue weighted by Gasteiger charge is -2.13. The van der Waals surface area contributed by atoms with Crippen molar-refractivity contribution in [3.05, 3.63) is 52.7 Å². The maximum absolute atomic E-state index is 13.4. The van der Waals surface area contributed by atoms with E-state index in [1.165, 1.54) is 6.07 Å². The monoisotopic (exact) mass is 492 g/mol. The molecule has 0 unspecified atom stereocenters. The predicted molar refractivity (Wildman–Crippen MR) is 117 cm³/mol. The Hall–Kier alpha value is -1.29. The van der Waals surface area contributed by atoms with Crippen molar-refractivity contribution in [1.82, 2.24) is 15.8 Å². The molecule has 26 heavy (non-hydrogen) atoms. The minimum atomic E-state index is -0.207. The van der Waals surface area contributed by atoms with Crippen LogP contribution in [0.3, 0.4) is 0 Å². The summed E-state index contributed by atoms with van der Waals surface area (Å²) in [5.74, 6) is 2.32. The minimum Gasteiger partial charge on any atom is -0.359 e. The molecule has 2 N–H and O–H groups in total. The Bertz CT molecular complexity index is 721. The lowest BCUT2D eigenvalue weighted by atomic mass is 10.1. The first kappa shape index (κ1) is 22.8. The van der Waals surface area contributed by atoms with Crippen LogP contribution >= 0.6 is 35.7 Å². The first-order valence-corrected chi connectivity index (χ1v) is 9.59. The fourth-order valence-corrected chi connectivity index (χ4v) is 2.89. The van der Waals surface area contributed by atoms with Crippen molar-refractivity contribution in [1.29, 1.82) is 0 Å². The van der Waals surface area contributed by atoms with Gasteiger partial charge in [0.1, 0.15) is 5.82 Å². The van der Waals surface area contributed by atoms with Gasteiger partial charge in [-0.25, -0.2) is 4.39 Å². The summed E-state index contributed by atoms with van der Waals surface area (Å²) >= 11 is 1.67. The van der Waals surface area contributed by atoms with Crippen LogP contribution in [0.2, 0.25) is 0 Å². The molecule has 0 aliphatic rings. The molecule has 0 saturated heterocycles. The molecule has 0 fully saturated rings. The second kappa shape index (κ2) is 11.4. The molecule has 0 bridgehead atoms. The number of rotatable bonds is 7. The summed E-state index contributed by atoms with van der Waals surface area (Å²) in [6.45, 7) is 5.22. The Balaban J connectivity index is 0.00000338. The van der Waals surface area contributed by atoms with E-state index in [0.29, 0.717) is 25.0 Å². The van der Waals surface area contributed by atoms with E-state index < -0.39 is 0 Å². The smallest absolute Gasteiger partial charge is 0.191 e. The lowest BCUT2D eigenvalue weighted by molar-refractivity contribution is 0.372. The standard InChI is InChI=1S/C18H25FN4OS.HI/c1-12(2)17-8-16(24-23-17)10-22-18(20-3)21-9-13-5-6-15(19)7-14(13)11-25-4;/h5-8,12H,9-11H2,1-4H3,(H2,20,21,22);1H. The van der Waals surface area contributed by atoms with Crippen LogP contribution in [-0.4, -0.2) is 24.4 Å². The van der Waals surface area contributed by atoms with Crippen molar-refractivity contribution in [2.45, 2.75) is 38.6 Å². The third-order valence-electron chi connectivity index (χ3n) is 3.74. The number of guanidine groups is 1. The van der Waals surface area contributed by atoms with Crippen LogP contribution in [-0.2, 0) is 18.8 Å². The van der Waals surface area contributed by atoms with E-state index in [4.69, 9.17) is 4.52 Å². The molecule has 5 nitrogen and oxygen atoms in total. The molecule has 1 aromatic carbocycles. The second-order valence-electron chi connectivity index (χ2n) is 6.00. The molecule has 0 aliphatic carbocycles. The highest BCUT2D eigenvalue weighted by molar-refractivity contribution is 14.0. The Kier molecular flexibility index (Phi) is 10.0. The molecule has 0 aliphatic heterocycles. The molecule has 0 spiro atoms. The molecule has 2 aromatic rings. The van der Waals surface area contributed by atoms with Crippen molar-refractivity contribution in [2.75, 3.05) is 13.3 Å². The molecule has 1 aromatic heterocycles. The first-order valence-electron chi connectivity index (χ1n) is 8.19. The summed E-state index contributed by atoms with van der Waals surface area (Å²) in [6, 6.07) is 6.83. The van der Waals surface area contributed by atoms with E-state index in [-0.39, 0.29) is 29.8 Å². The van der Waals surface area contributed by atoms with Gasteiger partial charge in [-0.3, -0.25) is 4.99 Å². The highest BCUT2D eigenvalue weighted by Gasteiger charge is 2.09. The van der Waals surface area contributed by atoms with Gasteiger partial charge in [0, 0.05) is 25.4 Å². The number of nitrogens with zero attached hydrogens (tertiary/aromatic N) is 2. The fourth-order valence-electron chi connectivity index (χ4n) is 2.31. The normalized spacial score (nSPS) is 11.4. The summed E-state index contributed by atoms with van der Waals surface area (Å²) in [4.78, 5) is 4.21. The van der Waals surface area contributed by atoms with Crippen LogP contribution < -0.4 is 10.6 Å². The van der Waals surface area contributed by atoms with E-state index in [0.717, 1.165) is 28.3 Å². The van der Waals surface area contributed by atoms with Crippen LogP contribution in [0.1, 0.15) is 42.3 Å². The van der Waals surface area contributed by atoms with E-state index in [9.17, 15) is 4.39 Å². The summed E-state index contributed by atoms with van der Waals surface area (Å²) in [5.41, 5.74) is 2.99. The molecule has 0 amide bonds. The van der Waals surface area contributed by atoms with Gasteiger partial charge in [0.05, 0.1) is 12.2 Å². The van der Waals surface area contributed by atoms with Crippen LogP contribution in [0.4, 0.5) is 4.39 Å². The molecule has 144 valence electrons. The number of aromatic nitrogens is 1. The lowest BCUT2D eigenvalue weighted by Crippen LogP contribution is -2.36. The molecule has 0 atom stereocenters. The Morgan fingerprint density at radius 2 is 1.96 bits per heavy atom. The maximum Gasteiger partial charge on any atom is 0.191 e. The number of hydrogen-bond acceptors (Lipinski definition) is 4. The molecule has 0 radical (unpaired) electrons. The average molecular weight is 492 g/mol. The van der Waals surface area contributed by atoms with E-state index in [1.807, 2.05) is 18.4 Å². The number of halogens is 2. The second-order valence-corrected chi connectivity index (χ2v) is 6.86. The van der Waals surface area contributed by atoms with Gasteiger partial charge in [0.15, 0.2) is 11.7 Å². The molecule has 8 heteroatoms. The summed E-state index contributed by atoms with van der Waals surface area (Å²) in [6.07, 6.45) is 2.01. The van der Waals surface area contributed by atoms with Gasteiger partial charge in [0.25, 0.3) is 0 Å². The Labute approximate surface area is 175 Å². The number of thioether (sulfide) groups is 1. The quantitative estimate of drug-likeness (QED) is 0.343.